The molecular weight excluding hydrogens is 758 g/mol. The fourth-order valence-corrected chi connectivity index (χ4v) is 11.4. The van der Waals surface area contributed by atoms with Crippen LogP contribution in [0.4, 0.5) is 0 Å². The van der Waals surface area contributed by atoms with Crippen LogP contribution >= 0.6 is 8.53 Å². The summed E-state index contributed by atoms with van der Waals surface area (Å²) in [6.07, 6.45) is -1.95. The fraction of sp³-hybridized carbons (Fsp3) is 0.366. The largest absolute Gasteiger partial charge is 0.497 e. The van der Waals surface area contributed by atoms with Gasteiger partial charge >= 0.3 is 0 Å². The van der Waals surface area contributed by atoms with Crippen LogP contribution in [0, 0.1) is 0 Å². The van der Waals surface area contributed by atoms with Gasteiger partial charge in [0, 0.05) is 19.5 Å². The minimum atomic E-state index is -3.63. The molecule has 0 spiro atoms. The molecule has 4 heterocycles. The molecule has 0 radical (unpaired) electrons. The van der Waals surface area contributed by atoms with E-state index in [1.54, 1.807) is 44.6 Å². The number of amidine groups is 1. The lowest BCUT2D eigenvalue weighted by atomic mass is 9.80. The number of carbonyl (C=O) groups is 1. The number of ether oxygens (including phenoxy) is 5. The van der Waals surface area contributed by atoms with Crippen molar-refractivity contribution in [2.24, 2.45) is 4.99 Å². The number of hydrogen-bond donors (Lipinski definition) is 1. The van der Waals surface area contributed by atoms with Crippen LogP contribution < -0.4 is 14.8 Å². The van der Waals surface area contributed by atoms with Crippen LogP contribution in [-0.2, 0) is 43.5 Å². The Balaban J connectivity index is 1.12. The molecule has 56 heavy (non-hydrogen) atoms. The van der Waals surface area contributed by atoms with Crippen LogP contribution in [-0.4, -0.2) is 94.8 Å². The van der Waals surface area contributed by atoms with Gasteiger partial charge < -0.3 is 32.7 Å². The molecule has 0 saturated carbocycles. The van der Waals surface area contributed by atoms with Gasteiger partial charge in [-0.05, 0) is 65.9 Å². The van der Waals surface area contributed by atoms with E-state index >= 15 is 0 Å². The molecule has 0 aliphatic carbocycles. The van der Waals surface area contributed by atoms with Crippen molar-refractivity contribution < 1.29 is 45.9 Å². The average molecular weight is 802 g/mol. The summed E-state index contributed by atoms with van der Waals surface area (Å²) in [5, 5.41) is 2.62. The molecule has 4 aliphatic heterocycles. The average Bonchev–Trinajstić information content (AvgIpc) is 4.00. The van der Waals surface area contributed by atoms with Gasteiger partial charge in [-0.15, -0.1) is 0 Å². The van der Waals surface area contributed by atoms with Gasteiger partial charge in [0.2, 0.25) is 5.91 Å². The Labute approximate surface area is 327 Å². The second-order valence-electron chi connectivity index (χ2n) is 14.0. The number of rotatable bonds is 13. The SMILES string of the molecule is COc1ccc(C(OC[C@H]2O[C@H]3N=C(NC(C)=O)O[C@H]3[C@@H]2O[P@@]2O[C@H](CS(=O)(=O)c3ccccc3)[C@@H]3CCCN32)(c2ccccc2)c2ccc(OC)cc2)cc1. The summed E-state index contributed by atoms with van der Waals surface area (Å²) >= 11 is 0. The molecule has 0 bridgehead atoms. The normalized spacial score (nSPS) is 25.9. The van der Waals surface area contributed by atoms with E-state index in [0.29, 0.717) is 18.0 Å². The van der Waals surface area contributed by atoms with Crippen LogP contribution in [0.2, 0.25) is 0 Å². The summed E-state index contributed by atoms with van der Waals surface area (Å²) in [6, 6.07) is 33.8. The minimum Gasteiger partial charge on any atom is -0.497 e. The Bertz CT molecular complexity index is 2080. The second-order valence-corrected chi connectivity index (χ2v) is 17.4. The Kier molecular flexibility index (Phi) is 11.1. The summed E-state index contributed by atoms with van der Waals surface area (Å²) < 4.78 is 73.5. The van der Waals surface area contributed by atoms with Crippen LogP contribution in [0.25, 0.3) is 0 Å². The predicted molar refractivity (Wildman–Crippen MR) is 208 cm³/mol. The summed E-state index contributed by atoms with van der Waals surface area (Å²) in [7, 11) is -2.11. The first-order chi connectivity index (χ1) is 27.2. The van der Waals surface area contributed by atoms with Crippen molar-refractivity contribution in [2.45, 2.75) is 66.9 Å². The van der Waals surface area contributed by atoms with Crippen molar-refractivity contribution >= 4 is 30.3 Å². The van der Waals surface area contributed by atoms with Crippen molar-refractivity contribution in [1.29, 1.82) is 0 Å². The van der Waals surface area contributed by atoms with Crippen molar-refractivity contribution in [2.75, 3.05) is 33.1 Å². The van der Waals surface area contributed by atoms with Crippen molar-refractivity contribution in [3.63, 3.8) is 0 Å². The molecule has 3 saturated heterocycles. The Hall–Kier alpha value is -4.40. The molecule has 1 N–H and O–H groups in total. The van der Waals surface area contributed by atoms with Gasteiger partial charge in [0.25, 0.3) is 14.5 Å². The molecule has 15 heteroatoms. The van der Waals surface area contributed by atoms with Gasteiger partial charge in [0.15, 0.2) is 22.2 Å². The van der Waals surface area contributed by atoms with Gasteiger partial charge in [-0.1, -0.05) is 72.8 Å². The highest BCUT2D eigenvalue weighted by molar-refractivity contribution is 7.91. The van der Waals surface area contributed by atoms with Crippen molar-refractivity contribution in [3.8, 4) is 11.5 Å². The van der Waals surface area contributed by atoms with E-state index < -0.39 is 54.6 Å². The van der Waals surface area contributed by atoms with E-state index in [1.807, 2.05) is 78.9 Å². The van der Waals surface area contributed by atoms with E-state index in [4.69, 9.17) is 32.7 Å². The van der Waals surface area contributed by atoms with Gasteiger partial charge in [0.05, 0.1) is 37.6 Å². The number of benzene rings is 4. The van der Waals surface area contributed by atoms with Crippen LogP contribution in [0.3, 0.4) is 0 Å². The van der Waals surface area contributed by atoms with E-state index in [0.717, 1.165) is 29.5 Å². The zero-order chi connectivity index (χ0) is 38.9. The number of aliphatic imine (C=N–C) groups is 1. The standard InChI is InChI=1S/C41H44N3O10PS/c1-27(45)42-40-43-39-38(52-40)37(54-55-44-24-10-15-34(44)36(53-55)26-56(46,47)33-13-8-5-9-14-33)35(51-39)25-50-41(28-11-6-4-7-12-28,29-16-20-31(48-2)21-17-29)30-18-22-32(49-3)23-19-30/h4-9,11-14,16-23,34-39H,10,15,24-26H2,1-3H3,(H,42,43,45)/t34-,35+,36+,37+,38-,39+,55+/m0/s1. The summed E-state index contributed by atoms with van der Waals surface area (Å²) in [5.74, 6) is 0.892. The summed E-state index contributed by atoms with van der Waals surface area (Å²) in [6.45, 7) is 2.10. The Morgan fingerprint density at radius 3 is 2.09 bits per heavy atom. The lowest BCUT2D eigenvalue weighted by Crippen LogP contribution is -2.42. The maximum atomic E-state index is 13.5. The number of amides is 1. The molecule has 1 amide bonds. The molecule has 13 nitrogen and oxygen atoms in total. The third kappa shape index (κ3) is 7.55. The van der Waals surface area contributed by atoms with Crippen LogP contribution in [0.1, 0.15) is 36.5 Å². The second kappa shape index (κ2) is 16.2. The van der Waals surface area contributed by atoms with Crippen LogP contribution in [0.15, 0.2) is 119 Å². The molecule has 4 aliphatic rings. The predicted octanol–water partition coefficient (Wildman–Crippen LogP) is 5.58. The monoisotopic (exact) mass is 801 g/mol. The van der Waals surface area contributed by atoms with Crippen molar-refractivity contribution in [3.05, 3.63) is 126 Å². The zero-order valence-electron chi connectivity index (χ0n) is 31.2. The molecule has 4 aromatic carbocycles. The number of methoxy groups -OCH3 is 2. The maximum absolute atomic E-state index is 13.5. The maximum Gasteiger partial charge on any atom is 0.294 e. The summed E-state index contributed by atoms with van der Waals surface area (Å²) in [5.41, 5.74) is 1.43. The lowest BCUT2D eigenvalue weighted by Gasteiger charge is -2.37. The minimum absolute atomic E-state index is 0.0252. The van der Waals surface area contributed by atoms with Crippen molar-refractivity contribution in [1.82, 2.24) is 9.99 Å². The fourth-order valence-electron chi connectivity index (χ4n) is 7.84. The van der Waals surface area contributed by atoms with Gasteiger partial charge in [-0.2, -0.15) is 4.99 Å². The number of nitrogens with one attached hydrogen (secondary N) is 1. The van der Waals surface area contributed by atoms with Crippen LogP contribution in [0.5, 0.6) is 11.5 Å². The topological polar surface area (TPSA) is 143 Å². The first kappa shape index (κ1) is 38.5. The highest BCUT2D eigenvalue weighted by atomic mass is 32.2. The molecule has 0 unspecified atom stereocenters. The Morgan fingerprint density at radius 2 is 1.48 bits per heavy atom. The third-order valence-corrected chi connectivity index (χ3v) is 14.1. The Morgan fingerprint density at radius 1 is 0.875 bits per heavy atom. The molecule has 7 atom stereocenters. The summed E-state index contributed by atoms with van der Waals surface area (Å²) in [4.78, 5) is 16.8. The third-order valence-electron chi connectivity index (χ3n) is 10.5. The highest BCUT2D eigenvalue weighted by Crippen LogP contribution is 2.58. The molecule has 4 aromatic rings. The van der Waals surface area contributed by atoms with Gasteiger partial charge in [0.1, 0.15) is 29.3 Å². The zero-order valence-corrected chi connectivity index (χ0v) is 32.9. The van der Waals surface area contributed by atoms with E-state index in [-0.39, 0.29) is 35.2 Å². The smallest absolute Gasteiger partial charge is 0.294 e. The lowest BCUT2D eigenvalue weighted by molar-refractivity contribution is -0.118. The number of nitrogens with zero attached hydrogens (tertiary/aromatic N) is 2. The van der Waals surface area contributed by atoms with E-state index in [2.05, 4.69) is 15.0 Å². The molecule has 0 aromatic heterocycles. The van der Waals surface area contributed by atoms with E-state index in [1.165, 1.54) is 6.92 Å². The number of sulfone groups is 1. The first-order valence-corrected chi connectivity index (χ1v) is 21.3. The van der Waals surface area contributed by atoms with E-state index in [9.17, 15) is 13.2 Å². The number of fused-ring (bicyclic) bond motifs is 2. The quantitative estimate of drug-likeness (QED) is 0.134. The first-order valence-electron chi connectivity index (χ1n) is 18.5. The molecule has 8 rings (SSSR count). The highest BCUT2D eigenvalue weighted by Gasteiger charge is 2.56. The molecular formula is C41H44N3O10PS. The number of carbonyl (C=O) groups excluding carboxylic acids is 1. The number of hydrogen-bond acceptors (Lipinski definition) is 12. The molecule has 3 fully saturated rings. The van der Waals surface area contributed by atoms with Gasteiger partial charge in [-0.25, -0.2) is 13.1 Å². The molecule has 294 valence electrons. The van der Waals surface area contributed by atoms with Gasteiger partial charge in [-0.3, -0.25) is 10.1 Å².